The molecule has 2 atom stereocenters. The topological polar surface area (TPSA) is 16.1 Å². The third-order valence-electron chi connectivity index (χ3n) is 4.82. The molecule has 0 bridgehead atoms. The van der Waals surface area contributed by atoms with Gasteiger partial charge >= 0.3 is 0 Å². The Morgan fingerprint density at radius 1 is 0.917 bits per heavy atom. The normalized spacial score (nSPS) is 20.2. The van der Waals surface area contributed by atoms with Crippen molar-refractivity contribution in [3.8, 4) is 0 Å². The first-order valence-electron chi connectivity index (χ1n) is 8.72. The zero-order chi connectivity index (χ0) is 16.5. The number of hydrogen-bond donors (Lipinski definition) is 0. The molecule has 0 N–H and O–H groups in total. The molecule has 3 aromatic rings. The molecule has 1 aromatic heterocycles. The summed E-state index contributed by atoms with van der Waals surface area (Å²) in [4.78, 5) is 8.81. The molecule has 2 aromatic carbocycles. The Kier molecular flexibility index (Phi) is 4.19. The van der Waals surface area contributed by atoms with Gasteiger partial charge in [-0.1, -0.05) is 44.2 Å². The molecule has 2 heterocycles. The molecule has 0 saturated heterocycles. The van der Waals surface area contributed by atoms with E-state index < -0.39 is 0 Å². The van der Waals surface area contributed by atoms with Gasteiger partial charge in [-0.25, -0.2) is 4.98 Å². The molecule has 0 fully saturated rings. The largest absolute Gasteiger partial charge is 0.321 e. The Balaban J connectivity index is 1.88. The van der Waals surface area contributed by atoms with Crippen molar-refractivity contribution in [1.29, 1.82) is 0 Å². The smallest absolute Gasteiger partial charge is 0.134 e. The summed E-state index contributed by atoms with van der Waals surface area (Å²) in [5.41, 5.74) is 2.36. The Morgan fingerprint density at radius 3 is 2.54 bits per heavy atom. The molecular formula is C21H22N2S. The van der Waals surface area contributed by atoms with Gasteiger partial charge in [0, 0.05) is 21.6 Å². The predicted octanol–water partition coefficient (Wildman–Crippen LogP) is 6.04. The van der Waals surface area contributed by atoms with E-state index >= 15 is 0 Å². The fourth-order valence-electron chi connectivity index (χ4n) is 3.63. The summed E-state index contributed by atoms with van der Waals surface area (Å²) < 4.78 is 0. The summed E-state index contributed by atoms with van der Waals surface area (Å²) in [7, 11) is 0. The zero-order valence-corrected chi connectivity index (χ0v) is 15.0. The number of benzene rings is 2. The van der Waals surface area contributed by atoms with Crippen LogP contribution in [0.4, 0.5) is 11.5 Å². The van der Waals surface area contributed by atoms with Crippen LogP contribution in [0.5, 0.6) is 0 Å². The van der Waals surface area contributed by atoms with Crippen molar-refractivity contribution < 1.29 is 0 Å². The summed E-state index contributed by atoms with van der Waals surface area (Å²) in [6, 6.07) is 21.9. The van der Waals surface area contributed by atoms with Gasteiger partial charge in [-0.3, -0.25) is 0 Å². The fraction of sp³-hybridized carbons (Fsp3) is 0.286. The lowest BCUT2D eigenvalue weighted by Crippen LogP contribution is -2.42. The Morgan fingerprint density at radius 2 is 1.71 bits per heavy atom. The molecule has 2 nitrogen and oxygen atoms in total. The van der Waals surface area contributed by atoms with Crippen molar-refractivity contribution in [2.24, 2.45) is 0 Å². The molecule has 24 heavy (non-hydrogen) atoms. The highest BCUT2D eigenvalue weighted by atomic mass is 32.2. The summed E-state index contributed by atoms with van der Waals surface area (Å²) in [5.74, 6) is 1.06. The number of pyridine rings is 1. The highest BCUT2D eigenvalue weighted by molar-refractivity contribution is 8.00. The van der Waals surface area contributed by atoms with Crippen LogP contribution in [0.25, 0.3) is 10.9 Å². The second-order valence-corrected chi connectivity index (χ2v) is 7.52. The average Bonchev–Trinajstić information content (AvgIpc) is 2.65. The maximum Gasteiger partial charge on any atom is 0.134 e. The van der Waals surface area contributed by atoms with Crippen LogP contribution in [-0.4, -0.2) is 16.3 Å². The van der Waals surface area contributed by atoms with Crippen molar-refractivity contribution in [1.82, 2.24) is 4.98 Å². The van der Waals surface area contributed by atoms with Crippen LogP contribution >= 0.6 is 11.8 Å². The van der Waals surface area contributed by atoms with Crippen molar-refractivity contribution in [2.45, 2.75) is 42.9 Å². The molecule has 122 valence electrons. The monoisotopic (exact) mass is 334 g/mol. The van der Waals surface area contributed by atoms with Crippen LogP contribution in [-0.2, 0) is 0 Å². The third-order valence-corrected chi connectivity index (χ3v) is 6.36. The molecular weight excluding hydrogens is 312 g/mol. The third kappa shape index (κ3) is 2.57. The molecule has 1 aliphatic heterocycles. The summed E-state index contributed by atoms with van der Waals surface area (Å²) >= 11 is 2.02. The quantitative estimate of drug-likeness (QED) is 0.581. The highest BCUT2D eigenvalue weighted by Crippen LogP contribution is 2.46. The minimum atomic E-state index is 0.476. The van der Waals surface area contributed by atoms with E-state index in [-0.39, 0.29) is 0 Å². The lowest BCUT2D eigenvalue weighted by molar-refractivity contribution is 0.573. The second kappa shape index (κ2) is 6.48. The van der Waals surface area contributed by atoms with Gasteiger partial charge in [0.25, 0.3) is 0 Å². The number of nitrogens with zero attached hydrogens (tertiary/aromatic N) is 2. The summed E-state index contributed by atoms with van der Waals surface area (Å²) in [6.07, 6.45) is 2.29. The van der Waals surface area contributed by atoms with Crippen molar-refractivity contribution in [2.75, 3.05) is 4.90 Å². The van der Waals surface area contributed by atoms with Gasteiger partial charge in [0.1, 0.15) is 5.82 Å². The molecule has 1 aliphatic rings. The predicted molar refractivity (Wildman–Crippen MR) is 104 cm³/mol. The van der Waals surface area contributed by atoms with Crippen LogP contribution < -0.4 is 4.90 Å². The molecule has 0 spiro atoms. The molecule has 0 saturated carbocycles. The summed E-state index contributed by atoms with van der Waals surface area (Å²) in [6.45, 7) is 4.58. The average molecular weight is 334 g/mol. The van der Waals surface area contributed by atoms with E-state index in [1.54, 1.807) is 0 Å². The number of para-hydroxylation sites is 2. The number of thioether (sulfide) groups is 1. The number of anilines is 2. The van der Waals surface area contributed by atoms with Crippen LogP contribution in [0.1, 0.15) is 26.7 Å². The van der Waals surface area contributed by atoms with Crippen molar-refractivity contribution in [3.63, 3.8) is 0 Å². The van der Waals surface area contributed by atoms with Gasteiger partial charge in [0.15, 0.2) is 0 Å². The van der Waals surface area contributed by atoms with Gasteiger partial charge in [-0.05, 0) is 43.2 Å². The number of hydrogen-bond acceptors (Lipinski definition) is 3. The first-order chi connectivity index (χ1) is 11.8. The van der Waals surface area contributed by atoms with Crippen LogP contribution in [0.3, 0.4) is 0 Å². The van der Waals surface area contributed by atoms with Crippen molar-refractivity contribution >= 4 is 34.2 Å². The van der Waals surface area contributed by atoms with Crippen LogP contribution in [0.15, 0.2) is 65.6 Å². The van der Waals surface area contributed by atoms with E-state index in [2.05, 4.69) is 79.4 Å². The Bertz CT molecular complexity index is 861. The van der Waals surface area contributed by atoms with Gasteiger partial charge in [-0.2, -0.15) is 0 Å². The first kappa shape index (κ1) is 15.5. The standard InChI is InChI=1S/C21H22N2S/c1-3-17-19(4-2)24-20-12-8-7-11-18(20)23(17)21-14-13-15-9-5-6-10-16(15)22-21/h5-14,17,19H,3-4H2,1-2H3. The molecule has 0 radical (unpaired) electrons. The Labute approximate surface area is 147 Å². The van der Waals surface area contributed by atoms with Gasteiger partial charge < -0.3 is 4.90 Å². The minimum absolute atomic E-state index is 0.476. The molecule has 4 rings (SSSR count). The van der Waals surface area contributed by atoms with Crippen molar-refractivity contribution in [3.05, 3.63) is 60.7 Å². The SMILES string of the molecule is CCC1Sc2ccccc2N(c2ccc3ccccc3n2)C1CC. The number of fused-ring (bicyclic) bond motifs is 2. The van der Waals surface area contributed by atoms with E-state index in [0.717, 1.165) is 17.8 Å². The Hall–Kier alpha value is -2.00. The zero-order valence-electron chi connectivity index (χ0n) is 14.1. The maximum atomic E-state index is 4.98. The lowest BCUT2D eigenvalue weighted by Gasteiger charge is -2.42. The molecule has 0 aliphatic carbocycles. The maximum absolute atomic E-state index is 4.98. The van der Waals surface area contributed by atoms with E-state index in [9.17, 15) is 0 Å². The summed E-state index contributed by atoms with van der Waals surface area (Å²) in [5, 5.41) is 1.79. The molecule has 0 amide bonds. The second-order valence-electron chi connectivity index (χ2n) is 6.24. The van der Waals surface area contributed by atoms with E-state index in [1.165, 1.54) is 22.4 Å². The minimum Gasteiger partial charge on any atom is -0.321 e. The van der Waals surface area contributed by atoms with Crippen LogP contribution in [0, 0.1) is 0 Å². The van der Waals surface area contributed by atoms with Gasteiger partial charge in [0.2, 0.25) is 0 Å². The van der Waals surface area contributed by atoms with E-state index in [1.807, 2.05) is 11.8 Å². The highest BCUT2D eigenvalue weighted by Gasteiger charge is 2.34. The number of rotatable bonds is 3. The van der Waals surface area contributed by atoms with E-state index in [0.29, 0.717) is 11.3 Å². The van der Waals surface area contributed by atoms with Gasteiger partial charge in [0.05, 0.1) is 11.2 Å². The van der Waals surface area contributed by atoms with Gasteiger partial charge in [-0.15, -0.1) is 11.8 Å². The fourth-order valence-corrected chi connectivity index (χ4v) is 5.03. The van der Waals surface area contributed by atoms with E-state index in [4.69, 9.17) is 4.98 Å². The lowest BCUT2D eigenvalue weighted by atomic mass is 10.0. The molecule has 3 heteroatoms. The number of aromatic nitrogens is 1. The first-order valence-corrected chi connectivity index (χ1v) is 9.60. The van der Waals surface area contributed by atoms with Crippen LogP contribution in [0.2, 0.25) is 0 Å². The molecule has 2 unspecified atom stereocenters.